The zero-order valence-electron chi connectivity index (χ0n) is 18.8. The molecule has 0 amide bonds. The standard InChI is InChI=1S/C23H38N4O3/c1-4-24-23(26-16-20-6-5-10-27(20)11-13-28-3)25-15-19-8-7-18(2)14-22(19)30-21-9-12-29-17-21/h7-8,14,20-21H,4-6,9-13,15-17H2,1-3H3,(H2,24,25,26). The number of methoxy groups -OCH3 is 1. The van der Waals surface area contributed by atoms with Crippen LogP contribution in [-0.2, 0) is 16.0 Å². The van der Waals surface area contributed by atoms with Gasteiger partial charge in [-0.25, -0.2) is 4.99 Å². The molecule has 2 N–H and O–H groups in total. The third-order valence-electron chi connectivity index (χ3n) is 5.74. The van der Waals surface area contributed by atoms with Crippen molar-refractivity contribution in [2.24, 2.45) is 4.99 Å². The maximum atomic E-state index is 6.22. The maximum absolute atomic E-state index is 6.22. The van der Waals surface area contributed by atoms with Gasteiger partial charge in [0.1, 0.15) is 11.9 Å². The highest BCUT2D eigenvalue weighted by Gasteiger charge is 2.24. The van der Waals surface area contributed by atoms with E-state index in [9.17, 15) is 0 Å². The van der Waals surface area contributed by atoms with Crippen LogP contribution in [0.5, 0.6) is 5.75 Å². The first-order valence-corrected chi connectivity index (χ1v) is 11.3. The van der Waals surface area contributed by atoms with Crippen molar-refractivity contribution in [2.75, 3.05) is 53.1 Å². The molecule has 0 aromatic heterocycles. The van der Waals surface area contributed by atoms with Gasteiger partial charge in [0.05, 0.1) is 26.4 Å². The van der Waals surface area contributed by atoms with Crippen LogP contribution in [-0.4, -0.2) is 76.1 Å². The SMILES string of the molecule is CCNC(=NCc1ccc(C)cc1OC1CCOC1)NCC1CCCN1CCOC. The van der Waals surface area contributed by atoms with E-state index in [2.05, 4.69) is 47.6 Å². The lowest BCUT2D eigenvalue weighted by Gasteiger charge is -2.25. The third-order valence-corrected chi connectivity index (χ3v) is 5.74. The second kappa shape index (κ2) is 12.1. The summed E-state index contributed by atoms with van der Waals surface area (Å²) in [4.78, 5) is 7.35. The second-order valence-corrected chi connectivity index (χ2v) is 8.12. The fourth-order valence-corrected chi connectivity index (χ4v) is 4.04. The Balaban J connectivity index is 1.60. The number of likely N-dealkylation sites (tertiary alicyclic amines) is 1. The zero-order valence-corrected chi connectivity index (χ0v) is 18.8. The molecule has 0 radical (unpaired) electrons. The van der Waals surface area contributed by atoms with Crippen LogP contribution >= 0.6 is 0 Å². The monoisotopic (exact) mass is 418 g/mol. The van der Waals surface area contributed by atoms with E-state index in [0.29, 0.717) is 19.2 Å². The summed E-state index contributed by atoms with van der Waals surface area (Å²) in [5.41, 5.74) is 2.30. The molecular formula is C23H38N4O3. The summed E-state index contributed by atoms with van der Waals surface area (Å²) >= 11 is 0. The van der Waals surface area contributed by atoms with Crippen molar-refractivity contribution in [3.8, 4) is 5.75 Å². The molecule has 30 heavy (non-hydrogen) atoms. The average molecular weight is 419 g/mol. The van der Waals surface area contributed by atoms with Crippen molar-refractivity contribution in [3.63, 3.8) is 0 Å². The Morgan fingerprint density at radius 1 is 1.30 bits per heavy atom. The van der Waals surface area contributed by atoms with Crippen molar-refractivity contribution in [2.45, 2.75) is 51.8 Å². The molecule has 2 atom stereocenters. The highest BCUT2D eigenvalue weighted by Crippen LogP contribution is 2.24. The lowest BCUT2D eigenvalue weighted by Crippen LogP contribution is -2.45. The number of hydrogen-bond acceptors (Lipinski definition) is 5. The Morgan fingerprint density at radius 3 is 2.97 bits per heavy atom. The van der Waals surface area contributed by atoms with Crippen LogP contribution in [0.15, 0.2) is 23.2 Å². The van der Waals surface area contributed by atoms with Gasteiger partial charge in [-0.1, -0.05) is 12.1 Å². The molecule has 2 saturated heterocycles. The van der Waals surface area contributed by atoms with Gasteiger partial charge in [0.15, 0.2) is 5.96 Å². The summed E-state index contributed by atoms with van der Waals surface area (Å²) in [5, 5.41) is 6.91. The Hall–Kier alpha value is -1.83. The minimum Gasteiger partial charge on any atom is -0.488 e. The van der Waals surface area contributed by atoms with Gasteiger partial charge in [-0.05, 0) is 44.9 Å². The Kier molecular flexibility index (Phi) is 9.24. The zero-order chi connectivity index (χ0) is 21.2. The maximum Gasteiger partial charge on any atom is 0.191 e. The van der Waals surface area contributed by atoms with Gasteiger partial charge in [-0.15, -0.1) is 0 Å². The molecule has 0 saturated carbocycles. The minimum atomic E-state index is 0.140. The fraction of sp³-hybridized carbons (Fsp3) is 0.696. The van der Waals surface area contributed by atoms with Gasteiger partial charge in [0.25, 0.3) is 0 Å². The van der Waals surface area contributed by atoms with Crippen LogP contribution < -0.4 is 15.4 Å². The topological polar surface area (TPSA) is 67.4 Å². The van der Waals surface area contributed by atoms with Gasteiger partial charge in [-0.2, -0.15) is 0 Å². The van der Waals surface area contributed by atoms with Crippen LogP contribution in [0.2, 0.25) is 0 Å². The molecule has 3 rings (SSSR count). The smallest absolute Gasteiger partial charge is 0.191 e. The summed E-state index contributed by atoms with van der Waals surface area (Å²) < 4.78 is 16.9. The highest BCUT2D eigenvalue weighted by atomic mass is 16.5. The number of guanidine groups is 1. The van der Waals surface area contributed by atoms with E-state index in [4.69, 9.17) is 19.2 Å². The number of nitrogens with zero attached hydrogens (tertiary/aromatic N) is 2. The normalized spacial score (nSPS) is 22.4. The number of nitrogens with one attached hydrogen (secondary N) is 2. The molecule has 2 aliphatic rings. The van der Waals surface area contributed by atoms with Gasteiger partial charge in [0, 0.05) is 44.8 Å². The van der Waals surface area contributed by atoms with E-state index in [-0.39, 0.29) is 6.10 Å². The molecule has 2 aliphatic heterocycles. The van der Waals surface area contributed by atoms with E-state index in [1.165, 1.54) is 18.4 Å². The Morgan fingerprint density at radius 2 is 2.20 bits per heavy atom. The van der Waals surface area contributed by atoms with Crippen LogP contribution in [0.3, 0.4) is 0 Å². The van der Waals surface area contributed by atoms with Crippen LogP contribution in [0, 0.1) is 6.92 Å². The van der Waals surface area contributed by atoms with Gasteiger partial charge < -0.3 is 24.8 Å². The lowest BCUT2D eigenvalue weighted by atomic mass is 10.1. The quantitative estimate of drug-likeness (QED) is 0.449. The molecule has 0 aliphatic carbocycles. The second-order valence-electron chi connectivity index (χ2n) is 8.12. The van der Waals surface area contributed by atoms with Crippen molar-refractivity contribution in [1.29, 1.82) is 0 Å². The van der Waals surface area contributed by atoms with E-state index < -0.39 is 0 Å². The van der Waals surface area contributed by atoms with Gasteiger partial charge >= 0.3 is 0 Å². The number of rotatable bonds is 10. The fourth-order valence-electron chi connectivity index (χ4n) is 4.04. The molecule has 0 bridgehead atoms. The van der Waals surface area contributed by atoms with Crippen molar-refractivity contribution >= 4 is 5.96 Å². The molecular weight excluding hydrogens is 380 g/mol. The summed E-state index contributed by atoms with van der Waals surface area (Å²) in [7, 11) is 1.77. The van der Waals surface area contributed by atoms with Crippen molar-refractivity contribution in [1.82, 2.24) is 15.5 Å². The first-order chi connectivity index (χ1) is 14.7. The van der Waals surface area contributed by atoms with Gasteiger partial charge in [-0.3, -0.25) is 4.90 Å². The minimum absolute atomic E-state index is 0.140. The van der Waals surface area contributed by atoms with Gasteiger partial charge in [0.2, 0.25) is 0 Å². The molecule has 7 heteroatoms. The molecule has 1 aromatic carbocycles. The number of hydrogen-bond donors (Lipinski definition) is 2. The van der Waals surface area contributed by atoms with Crippen molar-refractivity contribution < 1.29 is 14.2 Å². The van der Waals surface area contributed by atoms with Crippen LogP contribution in [0.4, 0.5) is 0 Å². The summed E-state index contributed by atoms with van der Waals surface area (Å²) in [6.07, 6.45) is 3.55. The Bertz CT molecular complexity index is 676. The van der Waals surface area contributed by atoms with E-state index in [1.807, 2.05) is 0 Å². The summed E-state index contributed by atoms with van der Waals surface area (Å²) in [6.45, 7) is 10.9. The first kappa shape index (κ1) is 22.8. The molecule has 2 heterocycles. The van der Waals surface area contributed by atoms with E-state index >= 15 is 0 Å². The summed E-state index contributed by atoms with van der Waals surface area (Å²) in [5.74, 6) is 1.78. The number of benzene rings is 1. The summed E-state index contributed by atoms with van der Waals surface area (Å²) in [6, 6.07) is 6.88. The largest absolute Gasteiger partial charge is 0.488 e. The number of aryl methyl sites for hydroxylation is 1. The average Bonchev–Trinajstić information content (AvgIpc) is 3.41. The van der Waals surface area contributed by atoms with Crippen molar-refractivity contribution in [3.05, 3.63) is 29.3 Å². The van der Waals surface area contributed by atoms with Crippen LogP contribution in [0.1, 0.15) is 37.3 Å². The molecule has 0 spiro atoms. The number of aliphatic imine (C=N–C) groups is 1. The molecule has 1 aromatic rings. The van der Waals surface area contributed by atoms with E-state index in [1.54, 1.807) is 7.11 Å². The van der Waals surface area contributed by atoms with E-state index in [0.717, 1.165) is 63.1 Å². The lowest BCUT2D eigenvalue weighted by molar-refractivity contribution is 0.140. The van der Waals surface area contributed by atoms with Crippen LogP contribution in [0.25, 0.3) is 0 Å². The molecule has 7 nitrogen and oxygen atoms in total. The molecule has 2 fully saturated rings. The molecule has 2 unspecified atom stereocenters. The predicted molar refractivity (Wildman–Crippen MR) is 120 cm³/mol. The predicted octanol–water partition coefficient (Wildman–Crippen LogP) is 2.33. The first-order valence-electron chi connectivity index (χ1n) is 11.3. The Labute approximate surface area is 181 Å². The third kappa shape index (κ3) is 6.86. The number of ether oxygens (including phenoxy) is 3. The molecule has 168 valence electrons. The highest BCUT2D eigenvalue weighted by molar-refractivity contribution is 5.79.